The van der Waals surface area contributed by atoms with Crippen LogP contribution in [0.2, 0.25) is 0 Å². The molecule has 0 bridgehead atoms. The molecule has 0 aromatic carbocycles. The van der Waals surface area contributed by atoms with Crippen LogP contribution >= 0.6 is 0 Å². The molecular weight excluding hydrogens is 262 g/mol. The van der Waals surface area contributed by atoms with Gasteiger partial charge in [0.1, 0.15) is 11.6 Å². The third kappa shape index (κ3) is 9.18. The first-order chi connectivity index (χ1) is 9.15. The minimum atomic E-state index is -0.651. The monoisotopic (exact) mass is 287 g/mol. The zero-order chi connectivity index (χ0) is 15.8. The van der Waals surface area contributed by atoms with Gasteiger partial charge in [0, 0.05) is 20.0 Å². The maximum Gasteiger partial charge on any atom is 0.408 e. The molecule has 0 heterocycles. The zero-order valence-corrected chi connectivity index (χ0v) is 12.8. The first-order valence-corrected chi connectivity index (χ1v) is 6.67. The van der Waals surface area contributed by atoms with Gasteiger partial charge in [0.15, 0.2) is 0 Å². The van der Waals surface area contributed by atoms with E-state index in [-0.39, 0.29) is 11.8 Å². The summed E-state index contributed by atoms with van der Waals surface area (Å²) in [5, 5.41) is 7.71. The van der Waals surface area contributed by atoms with Crippen molar-refractivity contribution in [2.24, 2.45) is 0 Å². The highest BCUT2D eigenvalue weighted by Crippen LogP contribution is 2.07. The van der Waals surface area contributed by atoms with E-state index in [2.05, 4.69) is 16.0 Å². The largest absolute Gasteiger partial charge is 0.444 e. The second kappa shape index (κ2) is 8.39. The molecule has 0 fully saturated rings. The third-order valence-electron chi connectivity index (χ3n) is 2.21. The number of ether oxygens (including phenoxy) is 1. The fourth-order valence-corrected chi connectivity index (χ4v) is 1.35. The van der Waals surface area contributed by atoms with E-state index in [4.69, 9.17) is 4.74 Å². The summed E-state index contributed by atoms with van der Waals surface area (Å²) in [6.07, 6.45) is -0.174. The van der Waals surface area contributed by atoms with E-state index < -0.39 is 17.7 Å². The summed E-state index contributed by atoms with van der Waals surface area (Å²) >= 11 is 0. The third-order valence-corrected chi connectivity index (χ3v) is 2.21. The number of alkyl carbamates (subject to hydrolysis) is 1. The van der Waals surface area contributed by atoms with Gasteiger partial charge in [0.05, 0.1) is 0 Å². The summed E-state index contributed by atoms with van der Waals surface area (Å²) in [4.78, 5) is 34.1. The van der Waals surface area contributed by atoms with Crippen LogP contribution in [0.3, 0.4) is 0 Å². The molecule has 1 atom stereocenters. The van der Waals surface area contributed by atoms with Gasteiger partial charge >= 0.3 is 6.09 Å². The van der Waals surface area contributed by atoms with Gasteiger partial charge in [-0.15, -0.1) is 0 Å². The minimum absolute atomic E-state index is 0.154. The molecule has 3 N–H and O–H groups in total. The van der Waals surface area contributed by atoms with Crippen molar-refractivity contribution < 1.29 is 19.1 Å². The summed E-state index contributed by atoms with van der Waals surface area (Å²) in [5.74, 6) is -0.457. The Hall–Kier alpha value is -1.79. The molecule has 0 aliphatic rings. The molecule has 0 aliphatic heterocycles. The van der Waals surface area contributed by atoms with Crippen LogP contribution in [0.1, 0.15) is 41.0 Å². The lowest BCUT2D eigenvalue weighted by molar-refractivity contribution is -0.123. The number of hydrogen-bond donors (Lipinski definition) is 3. The van der Waals surface area contributed by atoms with Crippen molar-refractivity contribution in [1.82, 2.24) is 16.0 Å². The lowest BCUT2D eigenvalue weighted by Crippen LogP contribution is -2.49. The van der Waals surface area contributed by atoms with Gasteiger partial charge in [-0.3, -0.25) is 9.59 Å². The molecule has 0 rings (SSSR count). The Morgan fingerprint density at radius 1 is 1.10 bits per heavy atom. The lowest BCUT2D eigenvalue weighted by atomic mass is 10.2. The second-order valence-electron chi connectivity index (χ2n) is 5.38. The highest BCUT2D eigenvalue weighted by Gasteiger charge is 2.22. The molecule has 3 amide bonds. The fourth-order valence-electron chi connectivity index (χ4n) is 1.35. The molecule has 7 nitrogen and oxygen atoms in total. The van der Waals surface area contributed by atoms with Crippen LogP contribution in [0.5, 0.6) is 0 Å². The number of hydrogen-bond acceptors (Lipinski definition) is 4. The van der Waals surface area contributed by atoms with Crippen LogP contribution < -0.4 is 16.0 Å². The van der Waals surface area contributed by atoms with Gasteiger partial charge in [0.25, 0.3) is 0 Å². The molecule has 0 spiro atoms. The molecule has 0 aromatic rings. The molecule has 1 unspecified atom stereocenters. The minimum Gasteiger partial charge on any atom is -0.444 e. The molecule has 0 aliphatic carbocycles. The lowest BCUT2D eigenvalue weighted by Gasteiger charge is -2.22. The van der Waals surface area contributed by atoms with E-state index in [1.807, 2.05) is 0 Å². The van der Waals surface area contributed by atoms with E-state index in [0.717, 1.165) is 0 Å². The van der Waals surface area contributed by atoms with Gasteiger partial charge < -0.3 is 20.7 Å². The maximum absolute atomic E-state index is 11.8. The molecule has 0 saturated heterocycles. The van der Waals surface area contributed by atoms with E-state index in [9.17, 15) is 14.4 Å². The van der Waals surface area contributed by atoms with Gasteiger partial charge in [-0.05, 0) is 27.2 Å². The Kier molecular flexibility index (Phi) is 7.64. The van der Waals surface area contributed by atoms with Crippen LogP contribution in [-0.2, 0) is 14.3 Å². The SMILES string of the molecule is CCC(NC(=O)OC(C)(C)C)C(=O)NCCNC(C)=O. The van der Waals surface area contributed by atoms with Gasteiger partial charge in [-0.25, -0.2) is 4.79 Å². The average Bonchev–Trinajstić information content (AvgIpc) is 2.28. The fraction of sp³-hybridized carbons (Fsp3) is 0.769. The van der Waals surface area contributed by atoms with E-state index in [1.165, 1.54) is 6.92 Å². The van der Waals surface area contributed by atoms with Crippen molar-refractivity contribution in [2.45, 2.75) is 52.7 Å². The van der Waals surface area contributed by atoms with E-state index >= 15 is 0 Å². The standard InChI is InChI=1S/C13H25N3O4/c1-6-10(16-12(19)20-13(3,4)5)11(18)15-8-7-14-9(2)17/h10H,6-8H2,1-5H3,(H,14,17)(H,15,18)(H,16,19). The van der Waals surface area contributed by atoms with Gasteiger partial charge in [0.2, 0.25) is 11.8 Å². The maximum atomic E-state index is 11.8. The van der Waals surface area contributed by atoms with Crippen molar-refractivity contribution >= 4 is 17.9 Å². The van der Waals surface area contributed by atoms with Crippen LogP contribution in [0.15, 0.2) is 0 Å². The van der Waals surface area contributed by atoms with Crippen molar-refractivity contribution in [3.63, 3.8) is 0 Å². The summed E-state index contributed by atoms with van der Waals surface area (Å²) in [6, 6.07) is -0.651. The number of nitrogens with one attached hydrogen (secondary N) is 3. The number of carbonyl (C=O) groups is 3. The van der Waals surface area contributed by atoms with Crippen molar-refractivity contribution in [3.05, 3.63) is 0 Å². The predicted octanol–water partition coefficient (Wildman–Crippen LogP) is 0.542. The topological polar surface area (TPSA) is 96.5 Å². The Labute approximate surface area is 119 Å². The molecule has 7 heteroatoms. The Morgan fingerprint density at radius 2 is 1.65 bits per heavy atom. The zero-order valence-electron chi connectivity index (χ0n) is 12.8. The summed E-state index contributed by atoms with van der Waals surface area (Å²) < 4.78 is 5.09. The van der Waals surface area contributed by atoms with Gasteiger partial charge in [-0.2, -0.15) is 0 Å². The normalized spacial score (nSPS) is 12.2. The molecule has 116 valence electrons. The number of amides is 3. The van der Waals surface area contributed by atoms with Crippen LogP contribution in [-0.4, -0.2) is 42.6 Å². The van der Waals surface area contributed by atoms with E-state index in [1.54, 1.807) is 27.7 Å². The number of carbonyl (C=O) groups excluding carboxylic acids is 3. The highest BCUT2D eigenvalue weighted by molar-refractivity contribution is 5.85. The van der Waals surface area contributed by atoms with Crippen LogP contribution in [0.4, 0.5) is 4.79 Å². The first-order valence-electron chi connectivity index (χ1n) is 6.67. The molecular formula is C13H25N3O4. The Morgan fingerprint density at radius 3 is 2.10 bits per heavy atom. The second-order valence-corrected chi connectivity index (χ2v) is 5.38. The molecule has 0 aromatic heterocycles. The summed E-state index contributed by atoms with van der Waals surface area (Å²) in [7, 11) is 0. The molecule has 0 saturated carbocycles. The average molecular weight is 287 g/mol. The molecule has 0 radical (unpaired) electrons. The van der Waals surface area contributed by atoms with Crippen molar-refractivity contribution in [3.8, 4) is 0 Å². The van der Waals surface area contributed by atoms with E-state index in [0.29, 0.717) is 19.5 Å². The Bertz CT molecular complexity index is 350. The molecule has 20 heavy (non-hydrogen) atoms. The van der Waals surface area contributed by atoms with Crippen molar-refractivity contribution in [1.29, 1.82) is 0 Å². The highest BCUT2D eigenvalue weighted by atomic mass is 16.6. The van der Waals surface area contributed by atoms with Crippen LogP contribution in [0.25, 0.3) is 0 Å². The van der Waals surface area contributed by atoms with Gasteiger partial charge in [-0.1, -0.05) is 6.92 Å². The first kappa shape index (κ1) is 18.2. The smallest absolute Gasteiger partial charge is 0.408 e. The summed E-state index contributed by atoms with van der Waals surface area (Å²) in [5.41, 5.74) is -0.607. The number of rotatable bonds is 6. The quantitative estimate of drug-likeness (QED) is 0.621. The van der Waals surface area contributed by atoms with Crippen LogP contribution in [0, 0.1) is 0 Å². The Balaban J connectivity index is 4.14. The predicted molar refractivity (Wildman–Crippen MR) is 75.1 cm³/mol. The van der Waals surface area contributed by atoms with Crippen molar-refractivity contribution in [2.75, 3.05) is 13.1 Å². The summed E-state index contributed by atoms with van der Waals surface area (Å²) in [6.45, 7) is 9.11.